The summed E-state index contributed by atoms with van der Waals surface area (Å²) in [5, 5.41) is 34.0. The second-order valence-corrected chi connectivity index (χ2v) is 6.26. The van der Waals surface area contributed by atoms with E-state index in [1.165, 1.54) is 6.07 Å². The topological polar surface area (TPSA) is 110 Å². The van der Waals surface area contributed by atoms with Gasteiger partial charge in [0.15, 0.2) is 0 Å². The molecule has 149 valence electrons. The fourth-order valence-electron chi connectivity index (χ4n) is 2.79. The van der Waals surface area contributed by atoms with Crippen LogP contribution >= 0.6 is 0 Å². The monoisotopic (exact) mass is 425 g/mol. The predicted octanol–water partition coefficient (Wildman–Crippen LogP) is -1.44. The average Bonchev–Trinajstić information content (AvgIpc) is 2.61. The van der Waals surface area contributed by atoms with Crippen molar-refractivity contribution in [3.63, 3.8) is 0 Å². The molecule has 7 nitrogen and oxygen atoms in total. The minimum Gasteiger partial charge on any atom is -0.872 e. The van der Waals surface area contributed by atoms with E-state index >= 15 is 0 Å². The van der Waals surface area contributed by atoms with Crippen LogP contribution in [0.5, 0.6) is 5.75 Å². The van der Waals surface area contributed by atoms with E-state index in [0.717, 1.165) is 5.56 Å². The van der Waals surface area contributed by atoms with Crippen LogP contribution in [0.2, 0.25) is 0 Å². The van der Waals surface area contributed by atoms with E-state index < -0.39 is 11.9 Å². The molecule has 0 saturated carbocycles. The smallest absolute Gasteiger partial charge is 0.872 e. The van der Waals surface area contributed by atoms with Gasteiger partial charge in [0.05, 0.1) is 11.9 Å². The summed E-state index contributed by atoms with van der Waals surface area (Å²) < 4.78 is 0. The van der Waals surface area contributed by atoms with Crippen molar-refractivity contribution in [3.8, 4) is 5.75 Å². The molecule has 2 aromatic carbocycles. The number of carboxylic acid groups (broad SMARTS) is 2. The van der Waals surface area contributed by atoms with Crippen LogP contribution in [0.3, 0.4) is 0 Å². The van der Waals surface area contributed by atoms with Crippen molar-refractivity contribution >= 4 is 11.9 Å². The van der Waals surface area contributed by atoms with Gasteiger partial charge in [-0.25, -0.2) is 0 Å². The van der Waals surface area contributed by atoms with Crippen molar-refractivity contribution < 1.29 is 42.0 Å². The van der Waals surface area contributed by atoms with Crippen LogP contribution in [0.15, 0.2) is 54.6 Å². The van der Waals surface area contributed by atoms with Gasteiger partial charge < -0.3 is 24.9 Å². The van der Waals surface area contributed by atoms with Crippen molar-refractivity contribution in [2.45, 2.75) is 13.1 Å². The second kappa shape index (κ2) is 12.2. The second-order valence-electron chi connectivity index (χ2n) is 6.26. The number of hydrogen-bond acceptors (Lipinski definition) is 7. The summed E-state index contributed by atoms with van der Waals surface area (Å²) in [5.41, 5.74) is 1.42. The van der Waals surface area contributed by atoms with Gasteiger partial charge in [0.1, 0.15) is 0 Å². The maximum atomic E-state index is 11.9. The molecule has 0 amide bonds. The van der Waals surface area contributed by atoms with E-state index in [9.17, 15) is 24.9 Å². The molecule has 0 saturated heterocycles. The molecule has 1 radical (unpaired) electrons. The largest absolute Gasteiger partial charge is 3.00 e. The summed E-state index contributed by atoms with van der Waals surface area (Å²) in [6.45, 7) is 0.495. The predicted molar refractivity (Wildman–Crippen MR) is 92.9 cm³/mol. The fraction of sp³-hybridized carbons (Fsp3) is 0.300. The quantitative estimate of drug-likeness (QED) is 0.406. The van der Waals surface area contributed by atoms with E-state index in [4.69, 9.17) is 0 Å². The normalized spacial score (nSPS) is 10.6. The van der Waals surface area contributed by atoms with Crippen LogP contribution < -0.4 is 15.3 Å². The number of aliphatic carboxylic acids is 2. The molecule has 0 unspecified atom stereocenters. The zero-order valence-electron chi connectivity index (χ0n) is 15.2. The van der Waals surface area contributed by atoms with Gasteiger partial charge in [0.2, 0.25) is 0 Å². The summed E-state index contributed by atoms with van der Waals surface area (Å²) in [6, 6.07) is 15.8. The number of carboxylic acids is 2. The Hall–Kier alpha value is -2.38. The van der Waals surface area contributed by atoms with Gasteiger partial charge in [0, 0.05) is 39.3 Å². The number of carbonyl (C=O) groups excluding carboxylic acids is 2. The van der Waals surface area contributed by atoms with Gasteiger partial charge in [-0.1, -0.05) is 54.6 Å². The van der Waals surface area contributed by atoms with E-state index in [-0.39, 0.29) is 49.0 Å². The first-order valence-electron chi connectivity index (χ1n) is 8.57. The van der Waals surface area contributed by atoms with Crippen molar-refractivity contribution in [2.24, 2.45) is 0 Å². The van der Waals surface area contributed by atoms with Gasteiger partial charge in [-0.3, -0.25) is 9.80 Å². The third kappa shape index (κ3) is 8.54. The standard InChI is InChI=1S/C20H24N2O5.Fe/c23-18-9-5-4-8-17(18)13-22(15-20(26)27)11-10-21(14-19(24)25)12-16-6-2-1-3-7-16;/h1-9,23H,10-15H2,(H,24,25)(H,26,27);/q;+3/p-3. The third-order valence-electron chi connectivity index (χ3n) is 4.05. The van der Waals surface area contributed by atoms with E-state index in [0.29, 0.717) is 18.7 Å². The zero-order valence-corrected chi connectivity index (χ0v) is 16.3. The maximum Gasteiger partial charge on any atom is 3.00 e. The van der Waals surface area contributed by atoms with Gasteiger partial charge in [0.25, 0.3) is 0 Å². The van der Waals surface area contributed by atoms with Crippen molar-refractivity contribution in [1.82, 2.24) is 9.80 Å². The van der Waals surface area contributed by atoms with E-state index in [1.807, 2.05) is 30.3 Å². The van der Waals surface area contributed by atoms with Gasteiger partial charge in [-0.2, -0.15) is 0 Å². The molecule has 0 atom stereocenters. The Morgan fingerprint density at radius 2 is 1.25 bits per heavy atom. The molecule has 0 aliphatic rings. The van der Waals surface area contributed by atoms with Gasteiger partial charge in [-0.05, 0) is 11.1 Å². The first kappa shape index (κ1) is 23.7. The maximum absolute atomic E-state index is 11.9. The number of nitrogens with zero attached hydrogens (tertiary/aromatic N) is 2. The molecule has 0 spiro atoms. The zero-order chi connectivity index (χ0) is 19.6. The molecule has 0 bridgehead atoms. The summed E-state index contributed by atoms with van der Waals surface area (Å²) in [7, 11) is 0. The van der Waals surface area contributed by atoms with Crippen LogP contribution in [0.25, 0.3) is 0 Å². The Morgan fingerprint density at radius 3 is 1.79 bits per heavy atom. The van der Waals surface area contributed by atoms with E-state index in [1.54, 1.807) is 28.0 Å². The summed E-state index contributed by atoms with van der Waals surface area (Å²) in [4.78, 5) is 25.3. The van der Waals surface area contributed by atoms with Crippen LogP contribution in [-0.4, -0.2) is 47.9 Å². The number of rotatable bonds is 11. The number of benzene rings is 2. The summed E-state index contributed by atoms with van der Waals surface area (Å²) in [5.74, 6) is -2.63. The Kier molecular flexibility index (Phi) is 10.3. The molecule has 0 aliphatic heterocycles. The average molecular weight is 425 g/mol. The Morgan fingerprint density at radius 1 is 0.750 bits per heavy atom. The van der Waals surface area contributed by atoms with E-state index in [2.05, 4.69) is 0 Å². The Labute approximate surface area is 174 Å². The fourth-order valence-corrected chi connectivity index (χ4v) is 2.79. The van der Waals surface area contributed by atoms with Crippen molar-refractivity contribution in [2.75, 3.05) is 26.2 Å². The Balaban J connectivity index is 0.00000392. The van der Waals surface area contributed by atoms with Crippen LogP contribution in [0, 0.1) is 0 Å². The van der Waals surface area contributed by atoms with Gasteiger partial charge >= 0.3 is 17.1 Å². The SMILES string of the molecule is O=C([O-])CN(CCN(CC(=O)[O-])Cc1ccccc1[O-])Cc1ccccc1.[Fe+3]. The molecule has 0 aromatic heterocycles. The molecule has 0 aliphatic carbocycles. The molecule has 8 heteroatoms. The molecule has 0 N–H and O–H groups in total. The van der Waals surface area contributed by atoms with Crippen LogP contribution in [0.4, 0.5) is 0 Å². The first-order valence-corrected chi connectivity index (χ1v) is 8.57. The summed E-state index contributed by atoms with van der Waals surface area (Å²) >= 11 is 0. The number of hydrogen-bond donors (Lipinski definition) is 0. The molecule has 0 fully saturated rings. The van der Waals surface area contributed by atoms with Crippen molar-refractivity contribution in [1.29, 1.82) is 0 Å². The molecular weight excluding hydrogens is 404 g/mol. The van der Waals surface area contributed by atoms with Crippen LogP contribution in [0.1, 0.15) is 11.1 Å². The molecule has 28 heavy (non-hydrogen) atoms. The van der Waals surface area contributed by atoms with Gasteiger partial charge in [-0.15, -0.1) is 5.75 Å². The molecule has 0 heterocycles. The molecular formula is C20H21FeN2O5. The Bertz CT molecular complexity index is 757. The minimum absolute atomic E-state index is 0. The van der Waals surface area contributed by atoms with Crippen molar-refractivity contribution in [3.05, 3.63) is 65.7 Å². The third-order valence-corrected chi connectivity index (χ3v) is 4.05. The molecule has 2 aromatic rings. The summed E-state index contributed by atoms with van der Waals surface area (Å²) in [6.07, 6.45) is 0. The molecule has 2 rings (SSSR count). The van der Waals surface area contributed by atoms with Crippen LogP contribution in [-0.2, 0) is 39.7 Å². The number of para-hydroxylation sites is 1. The first-order chi connectivity index (χ1) is 12.9. The number of carbonyl (C=O) groups is 2. The minimum atomic E-state index is -1.26.